The van der Waals surface area contributed by atoms with E-state index in [2.05, 4.69) is 5.32 Å². The molecule has 19 heavy (non-hydrogen) atoms. The van der Waals surface area contributed by atoms with Crippen LogP contribution in [0, 0.1) is 5.41 Å². The number of hydrogen-bond donors (Lipinski definition) is 3. The van der Waals surface area contributed by atoms with Crippen molar-refractivity contribution in [3.63, 3.8) is 0 Å². The number of nitrogens with two attached hydrogens (primary N) is 1. The fraction of sp³-hybridized carbons (Fsp3) is 0.833. The summed E-state index contributed by atoms with van der Waals surface area (Å²) in [7, 11) is 0. The lowest BCUT2D eigenvalue weighted by Crippen LogP contribution is -2.54. The molecule has 2 fully saturated rings. The maximum Gasteiger partial charge on any atom is 0.236 e. The van der Waals surface area contributed by atoms with Crippen molar-refractivity contribution in [3.05, 3.63) is 0 Å². The topological polar surface area (TPSA) is 111 Å². The fourth-order valence-corrected chi connectivity index (χ4v) is 2.27. The first-order valence-corrected chi connectivity index (χ1v) is 6.51. The van der Waals surface area contributed by atoms with Crippen LogP contribution in [-0.2, 0) is 19.1 Å². The second-order valence-corrected chi connectivity index (χ2v) is 5.02. The lowest BCUT2D eigenvalue weighted by atomic mass is 10.0. The van der Waals surface area contributed by atoms with E-state index in [1.165, 1.54) is 0 Å². The summed E-state index contributed by atoms with van der Waals surface area (Å²) in [6.07, 6.45) is 1.45. The highest BCUT2D eigenvalue weighted by atomic mass is 16.5. The van der Waals surface area contributed by atoms with Crippen molar-refractivity contribution in [2.24, 2.45) is 11.1 Å². The number of carbonyl (C=O) groups is 2. The largest absolute Gasteiger partial charge is 0.394 e. The van der Waals surface area contributed by atoms with Crippen LogP contribution in [0.5, 0.6) is 0 Å². The van der Waals surface area contributed by atoms with Crippen LogP contribution in [0.2, 0.25) is 0 Å². The van der Waals surface area contributed by atoms with Crippen molar-refractivity contribution in [2.45, 2.75) is 31.4 Å². The van der Waals surface area contributed by atoms with Crippen molar-refractivity contribution in [1.29, 1.82) is 0 Å². The number of amides is 2. The molecule has 2 rings (SSSR count). The zero-order valence-corrected chi connectivity index (χ0v) is 10.8. The van der Waals surface area contributed by atoms with Crippen LogP contribution < -0.4 is 11.1 Å². The molecule has 1 aliphatic heterocycles. The monoisotopic (exact) mass is 272 g/mol. The molecule has 0 aromatic heterocycles. The van der Waals surface area contributed by atoms with Gasteiger partial charge in [0.1, 0.15) is 5.41 Å². The number of nitrogens with one attached hydrogen (secondary N) is 1. The fourth-order valence-electron chi connectivity index (χ4n) is 2.27. The van der Waals surface area contributed by atoms with Gasteiger partial charge in [0.25, 0.3) is 0 Å². The Hall–Kier alpha value is -1.18. The minimum atomic E-state index is -1.03. The highest BCUT2D eigenvalue weighted by molar-refractivity contribution is 6.07. The van der Waals surface area contributed by atoms with Crippen molar-refractivity contribution < 1.29 is 24.2 Å². The minimum absolute atomic E-state index is 0.0662. The highest BCUT2D eigenvalue weighted by Gasteiger charge is 2.56. The van der Waals surface area contributed by atoms with Gasteiger partial charge in [-0.05, 0) is 19.3 Å². The van der Waals surface area contributed by atoms with Gasteiger partial charge in [0, 0.05) is 6.61 Å². The third-order valence-electron chi connectivity index (χ3n) is 3.69. The molecule has 0 unspecified atom stereocenters. The molecule has 108 valence electrons. The lowest BCUT2D eigenvalue weighted by Gasteiger charge is -2.32. The van der Waals surface area contributed by atoms with Gasteiger partial charge in [-0.3, -0.25) is 9.59 Å². The Bertz CT molecular complexity index is 356. The second kappa shape index (κ2) is 5.85. The quantitative estimate of drug-likeness (QED) is 0.511. The zero-order valence-electron chi connectivity index (χ0n) is 10.8. The van der Waals surface area contributed by atoms with Crippen LogP contribution in [0.1, 0.15) is 19.3 Å². The SMILES string of the molecule is NC(=O)C1(C(=O)N[C@@H]2COCC[C@@H]2OCCO)CC1. The smallest absolute Gasteiger partial charge is 0.236 e. The highest BCUT2D eigenvalue weighted by Crippen LogP contribution is 2.45. The molecule has 2 amide bonds. The maximum atomic E-state index is 12.1. The Morgan fingerprint density at radius 3 is 2.79 bits per heavy atom. The first kappa shape index (κ1) is 14.2. The van der Waals surface area contributed by atoms with Gasteiger partial charge in [-0.15, -0.1) is 0 Å². The summed E-state index contributed by atoms with van der Waals surface area (Å²) in [5.74, 6) is -0.914. The number of ether oxygens (including phenoxy) is 2. The Labute approximate surface area is 111 Å². The van der Waals surface area contributed by atoms with Crippen LogP contribution in [0.25, 0.3) is 0 Å². The van der Waals surface area contributed by atoms with E-state index in [4.69, 9.17) is 20.3 Å². The molecule has 2 atom stereocenters. The summed E-state index contributed by atoms with van der Waals surface area (Å²) in [5, 5.41) is 11.6. The minimum Gasteiger partial charge on any atom is -0.394 e. The average Bonchev–Trinajstić information content (AvgIpc) is 3.19. The van der Waals surface area contributed by atoms with Crippen LogP contribution in [0.15, 0.2) is 0 Å². The van der Waals surface area contributed by atoms with E-state index in [0.29, 0.717) is 32.5 Å². The first-order chi connectivity index (χ1) is 9.10. The number of primary amides is 1. The summed E-state index contributed by atoms with van der Waals surface area (Å²) in [4.78, 5) is 23.4. The Balaban J connectivity index is 1.92. The predicted octanol–water partition coefficient (Wildman–Crippen LogP) is -1.47. The van der Waals surface area contributed by atoms with Crippen LogP contribution >= 0.6 is 0 Å². The molecule has 1 saturated heterocycles. The molecular formula is C12H20N2O5. The van der Waals surface area contributed by atoms with Gasteiger partial charge >= 0.3 is 0 Å². The predicted molar refractivity (Wildman–Crippen MR) is 65.1 cm³/mol. The number of hydrogen-bond acceptors (Lipinski definition) is 5. The summed E-state index contributed by atoms with van der Waals surface area (Å²) in [5.41, 5.74) is 4.23. The summed E-state index contributed by atoms with van der Waals surface area (Å²) >= 11 is 0. The van der Waals surface area contributed by atoms with Gasteiger partial charge in [-0.1, -0.05) is 0 Å². The van der Waals surface area contributed by atoms with Gasteiger partial charge in [0.2, 0.25) is 11.8 Å². The van der Waals surface area contributed by atoms with Gasteiger partial charge in [-0.25, -0.2) is 0 Å². The molecule has 1 saturated carbocycles. The van der Waals surface area contributed by atoms with Crippen LogP contribution in [-0.4, -0.2) is 55.5 Å². The molecule has 0 aromatic rings. The molecule has 0 spiro atoms. The van der Waals surface area contributed by atoms with Crippen molar-refractivity contribution in [2.75, 3.05) is 26.4 Å². The number of aliphatic hydroxyl groups is 1. The molecule has 7 nitrogen and oxygen atoms in total. The van der Waals surface area contributed by atoms with Crippen LogP contribution in [0.3, 0.4) is 0 Å². The van der Waals surface area contributed by atoms with Crippen molar-refractivity contribution in [3.8, 4) is 0 Å². The van der Waals surface area contributed by atoms with E-state index in [-0.39, 0.29) is 31.3 Å². The van der Waals surface area contributed by atoms with Crippen LogP contribution in [0.4, 0.5) is 0 Å². The number of rotatable bonds is 6. The van der Waals surface area contributed by atoms with E-state index in [0.717, 1.165) is 0 Å². The Morgan fingerprint density at radius 1 is 1.47 bits per heavy atom. The van der Waals surface area contributed by atoms with Crippen molar-refractivity contribution >= 4 is 11.8 Å². The molecule has 1 aliphatic carbocycles. The average molecular weight is 272 g/mol. The normalized spacial score (nSPS) is 28.7. The molecule has 7 heteroatoms. The lowest BCUT2D eigenvalue weighted by molar-refractivity contribution is -0.138. The van der Waals surface area contributed by atoms with E-state index < -0.39 is 11.3 Å². The molecule has 0 bridgehead atoms. The third-order valence-corrected chi connectivity index (χ3v) is 3.69. The molecule has 1 heterocycles. The molecule has 2 aliphatic rings. The van der Waals surface area contributed by atoms with E-state index in [1.807, 2.05) is 0 Å². The zero-order chi connectivity index (χ0) is 13.9. The third kappa shape index (κ3) is 3.05. The van der Waals surface area contributed by atoms with E-state index in [9.17, 15) is 9.59 Å². The van der Waals surface area contributed by atoms with Gasteiger partial charge < -0.3 is 25.6 Å². The van der Waals surface area contributed by atoms with Gasteiger partial charge in [0.05, 0.1) is 32.0 Å². The van der Waals surface area contributed by atoms with E-state index in [1.54, 1.807) is 0 Å². The van der Waals surface area contributed by atoms with Gasteiger partial charge in [0.15, 0.2) is 0 Å². The number of carbonyl (C=O) groups excluding carboxylic acids is 2. The van der Waals surface area contributed by atoms with E-state index >= 15 is 0 Å². The molecule has 0 radical (unpaired) electrons. The summed E-state index contributed by atoms with van der Waals surface area (Å²) in [6, 6.07) is -0.301. The molecule has 4 N–H and O–H groups in total. The summed E-state index contributed by atoms with van der Waals surface area (Å²) in [6.45, 7) is 1.06. The number of aliphatic hydroxyl groups excluding tert-OH is 1. The second-order valence-electron chi connectivity index (χ2n) is 5.02. The Morgan fingerprint density at radius 2 is 2.21 bits per heavy atom. The summed E-state index contributed by atoms with van der Waals surface area (Å²) < 4.78 is 10.8. The first-order valence-electron chi connectivity index (χ1n) is 6.51. The maximum absolute atomic E-state index is 12.1. The molecular weight excluding hydrogens is 252 g/mol. The molecule has 0 aromatic carbocycles. The van der Waals surface area contributed by atoms with Crippen molar-refractivity contribution in [1.82, 2.24) is 5.32 Å². The van der Waals surface area contributed by atoms with Gasteiger partial charge in [-0.2, -0.15) is 0 Å². The standard InChI is InChI=1S/C12H20N2O5/c13-10(16)12(2-3-12)11(17)14-8-7-18-5-1-9(8)19-6-4-15/h8-9,15H,1-7H2,(H2,13,16)(H,14,17)/t8-,9+/m1/s1. The Kier molecular flexibility index (Phi) is 4.38.